The van der Waals surface area contributed by atoms with Crippen LogP contribution in [0.4, 0.5) is 11.4 Å². The Hall–Kier alpha value is -2.44. The van der Waals surface area contributed by atoms with Crippen LogP contribution in [-0.4, -0.2) is 23.3 Å². The van der Waals surface area contributed by atoms with Crippen LogP contribution in [0.2, 0.25) is 0 Å². The molecule has 22 heavy (non-hydrogen) atoms. The predicted octanol–water partition coefficient (Wildman–Crippen LogP) is 2.48. The van der Waals surface area contributed by atoms with Gasteiger partial charge in [0, 0.05) is 36.2 Å². The first-order valence-corrected chi connectivity index (χ1v) is 7.03. The number of non-ortho nitro benzene ring substituents is 1. The number of nitro benzene ring substituents is 1. The van der Waals surface area contributed by atoms with Gasteiger partial charge in [0.2, 0.25) is 11.8 Å². The monoisotopic (exact) mass is 307 g/mol. The number of anilines is 1. The summed E-state index contributed by atoms with van der Waals surface area (Å²) in [7, 11) is 0. The Kier molecular flexibility index (Phi) is 6.03. The highest BCUT2D eigenvalue weighted by molar-refractivity contribution is 5.91. The summed E-state index contributed by atoms with van der Waals surface area (Å²) in [6.45, 7) is 5.87. The van der Waals surface area contributed by atoms with Crippen LogP contribution < -0.4 is 10.6 Å². The molecule has 0 aliphatic heterocycles. The average Bonchev–Trinajstić information content (AvgIpc) is 2.42. The van der Waals surface area contributed by atoms with E-state index >= 15 is 0 Å². The molecular weight excluding hydrogens is 286 g/mol. The predicted molar refractivity (Wildman–Crippen MR) is 83.4 cm³/mol. The summed E-state index contributed by atoms with van der Waals surface area (Å²) < 4.78 is 0. The summed E-state index contributed by atoms with van der Waals surface area (Å²) in [5.41, 5.74) is -0.140. The van der Waals surface area contributed by atoms with E-state index in [4.69, 9.17) is 0 Å². The van der Waals surface area contributed by atoms with Gasteiger partial charge in [-0.1, -0.05) is 26.8 Å². The van der Waals surface area contributed by atoms with Crippen molar-refractivity contribution in [2.24, 2.45) is 5.41 Å². The van der Waals surface area contributed by atoms with Crippen molar-refractivity contribution >= 4 is 23.2 Å². The first-order valence-electron chi connectivity index (χ1n) is 7.03. The van der Waals surface area contributed by atoms with Crippen LogP contribution in [0.5, 0.6) is 0 Å². The molecule has 2 amide bonds. The Bertz CT molecular complexity index is 564. The van der Waals surface area contributed by atoms with Gasteiger partial charge in [-0.05, 0) is 12.5 Å². The molecule has 0 bridgehead atoms. The van der Waals surface area contributed by atoms with Crippen molar-refractivity contribution in [1.82, 2.24) is 5.32 Å². The number of carbonyl (C=O) groups is 2. The van der Waals surface area contributed by atoms with Crippen LogP contribution in [0.25, 0.3) is 0 Å². The Morgan fingerprint density at radius 1 is 1.27 bits per heavy atom. The van der Waals surface area contributed by atoms with Gasteiger partial charge < -0.3 is 10.6 Å². The first-order chi connectivity index (χ1) is 10.2. The van der Waals surface area contributed by atoms with Crippen LogP contribution in [-0.2, 0) is 9.59 Å². The molecule has 0 aliphatic carbocycles. The van der Waals surface area contributed by atoms with Gasteiger partial charge in [-0.2, -0.15) is 0 Å². The molecule has 1 aromatic carbocycles. The summed E-state index contributed by atoms with van der Waals surface area (Å²) in [6.07, 6.45) is 0.732. The number of hydrogen-bond donors (Lipinski definition) is 2. The number of nitrogens with one attached hydrogen (secondary N) is 2. The van der Waals surface area contributed by atoms with E-state index in [1.54, 1.807) is 6.07 Å². The molecule has 0 spiro atoms. The van der Waals surface area contributed by atoms with Crippen LogP contribution in [0.15, 0.2) is 24.3 Å². The molecule has 1 rings (SSSR count). The fourth-order valence-electron chi connectivity index (χ4n) is 1.64. The Labute approximate surface area is 129 Å². The van der Waals surface area contributed by atoms with Crippen molar-refractivity contribution in [1.29, 1.82) is 0 Å². The smallest absolute Gasteiger partial charge is 0.271 e. The molecule has 0 aliphatic rings. The second-order valence-electron chi connectivity index (χ2n) is 5.97. The second-order valence-corrected chi connectivity index (χ2v) is 5.97. The van der Waals surface area contributed by atoms with Crippen molar-refractivity contribution in [2.45, 2.75) is 33.6 Å². The van der Waals surface area contributed by atoms with Crippen LogP contribution in [0, 0.1) is 15.5 Å². The molecule has 0 heterocycles. The van der Waals surface area contributed by atoms with Gasteiger partial charge in [0.1, 0.15) is 0 Å². The molecular formula is C15H21N3O4. The Morgan fingerprint density at radius 2 is 1.95 bits per heavy atom. The third-order valence-corrected chi connectivity index (χ3v) is 2.89. The van der Waals surface area contributed by atoms with Crippen molar-refractivity contribution in [3.05, 3.63) is 34.4 Å². The SMILES string of the molecule is CC(C)(C)C(=O)NCCCC(=O)Nc1cccc([N+](=O)[O-])c1. The molecule has 0 unspecified atom stereocenters. The lowest BCUT2D eigenvalue weighted by Crippen LogP contribution is -2.35. The van der Waals surface area contributed by atoms with E-state index in [1.807, 2.05) is 20.8 Å². The van der Waals surface area contributed by atoms with Crippen LogP contribution in [0.3, 0.4) is 0 Å². The van der Waals surface area contributed by atoms with Crippen molar-refractivity contribution < 1.29 is 14.5 Å². The Balaban J connectivity index is 2.37. The van der Waals surface area contributed by atoms with Gasteiger partial charge in [0.25, 0.3) is 5.69 Å². The number of carbonyl (C=O) groups excluding carboxylic acids is 2. The second kappa shape index (κ2) is 7.53. The lowest BCUT2D eigenvalue weighted by Gasteiger charge is -2.17. The van der Waals surface area contributed by atoms with Gasteiger partial charge in [-0.15, -0.1) is 0 Å². The lowest BCUT2D eigenvalue weighted by molar-refractivity contribution is -0.384. The van der Waals surface area contributed by atoms with Gasteiger partial charge >= 0.3 is 0 Å². The van der Waals surface area contributed by atoms with Crippen molar-refractivity contribution in [3.8, 4) is 0 Å². The zero-order chi connectivity index (χ0) is 16.8. The maximum Gasteiger partial charge on any atom is 0.271 e. The molecule has 0 radical (unpaired) electrons. The molecule has 0 aromatic heterocycles. The minimum absolute atomic E-state index is 0.0633. The fourth-order valence-corrected chi connectivity index (χ4v) is 1.64. The summed E-state index contributed by atoms with van der Waals surface area (Å²) in [5, 5.41) is 16.0. The molecule has 0 atom stereocenters. The maximum atomic E-state index is 11.7. The molecule has 0 saturated carbocycles. The van der Waals surface area contributed by atoms with Gasteiger partial charge in [0.05, 0.1) is 4.92 Å². The number of nitrogens with zero attached hydrogens (tertiary/aromatic N) is 1. The normalized spacial score (nSPS) is 10.9. The highest BCUT2D eigenvalue weighted by atomic mass is 16.6. The van der Waals surface area contributed by atoms with E-state index in [0.717, 1.165) is 0 Å². The third-order valence-electron chi connectivity index (χ3n) is 2.89. The zero-order valence-electron chi connectivity index (χ0n) is 13.0. The largest absolute Gasteiger partial charge is 0.356 e. The third kappa shape index (κ3) is 5.90. The zero-order valence-corrected chi connectivity index (χ0v) is 13.0. The minimum atomic E-state index is -0.516. The average molecular weight is 307 g/mol. The first kappa shape index (κ1) is 17.6. The lowest BCUT2D eigenvalue weighted by atomic mass is 9.96. The molecule has 2 N–H and O–H groups in total. The summed E-state index contributed by atoms with van der Waals surface area (Å²) in [6, 6.07) is 5.76. The van der Waals surface area contributed by atoms with E-state index < -0.39 is 10.3 Å². The van der Waals surface area contributed by atoms with Gasteiger partial charge in [-0.3, -0.25) is 19.7 Å². The topological polar surface area (TPSA) is 101 Å². The maximum absolute atomic E-state index is 11.7. The van der Waals surface area contributed by atoms with E-state index in [-0.39, 0.29) is 23.9 Å². The molecule has 120 valence electrons. The number of benzene rings is 1. The molecule has 7 nitrogen and oxygen atoms in total. The Morgan fingerprint density at radius 3 is 2.55 bits per heavy atom. The number of hydrogen-bond acceptors (Lipinski definition) is 4. The summed E-state index contributed by atoms with van der Waals surface area (Å²) in [4.78, 5) is 33.5. The highest BCUT2D eigenvalue weighted by Crippen LogP contribution is 2.17. The van der Waals surface area contributed by atoms with Gasteiger partial charge in [0.15, 0.2) is 0 Å². The summed E-state index contributed by atoms with van der Waals surface area (Å²) in [5.74, 6) is -0.308. The van der Waals surface area contributed by atoms with Crippen molar-refractivity contribution in [2.75, 3.05) is 11.9 Å². The number of rotatable bonds is 6. The van der Waals surface area contributed by atoms with E-state index in [9.17, 15) is 19.7 Å². The molecule has 0 fully saturated rings. The van der Waals surface area contributed by atoms with Crippen LogP contribution in [0.1, 0.15) is 33.6 Å². The molecule has 1 aromatic rings. The van der Waals surface area contributed by atoms with E-state index in [2.05, 4.69) is 10.6 Å². The highest BCUT2D eigenvalue weighted by Gasteiger charge is 2.20. The number of amides is 2. The summed E-state index contributed by atoms with van der Waals surface area (Å²) >= 11 is 0. The minimum Gasteiger partial charge on any atom is -0.356 e. The van der Waals surface area contributed by atoms with E-state index in [1.165, 1.54) is 18.2 Å². The van der Waals surface area contributed by atoms with Crippen molar-refractivity contribution in [3.63, 3.8) is 0 Å². The molecule has 7 heteroatoms. The van der Waals surface area contributed by atoms with Gasteiger partial charge in [-0.25, -0.2) is 0 Å². The van der Waals surface area contributed by atoms with Crippen LogP contribution >= 0.6 is 0 Å². The van der Waals surface area contributed by atoms with E-state index in [0.29, 0.717) is 18.7 Å². The number of nitro groups is 1. The fraction of sp³-hybridized carbons (Fsp3) is 0.467. The quantitative estimate of drug-likeness (QED) is 0.479. The standard InChI is InChI=1S/C15H21N3O4/c1-15(2,3)14(20)16-9-5-8-13(19)17-11-6-4-7-12(10-11)18(21)22/h4,6-7,10H,5,8-9H2,1-3H3,(H,16,20)(H,17,19). The molecule has 0 saturated heterocycles.